The van der Waals surface area contributed by atoms with Gasteiger partial charge in [0.2, 0.25) is 10.0 Å². The summed E-state index contributed by atoms with van der Waals surface area (Å²) in [6.07, 6.45) is 0.464. The average molecular weight is 440 g/mol. The molecule has 8 heteroatoms. The third-order valence-electron chi connectivity index (χ3n) is 4.57. The smallest absolute Gasteiger partial charge is 0.313 e. The predicted molar refractivity (Wildman–Crippen MR) is 121 cm³/mol. The number of carbonyl (C=O) groups is 2. The van der Waals surface area contributed by atoms with E-state index >= 15 is 0 Å². The highest BCUT2D eigenvalue weighted by molar-refractivity contribution is 7.89. The molecule has 0 saturated carbocycles. The molecule has 3 aromatic carbocycles. The molecule has 0 spiro atoms. The molecule has 0 atom stereocenters. The molecule has 0 aliphatic carbocycles. The van der Waals surface area contributed by atoms with Crippen LogP contribution in [0.25, 0.3) is 10.8 Å². The van der Waals surface area contributed by atoms with Crippen LogP contribution in [0.15, 0.2) is 71.6 Å². The molecular weight excluding hydrogens is 414 g/mol. The van der Waals surface area contributed by atoms with Crippen LogP contribution in [0.5, 0.6) is 0 Å². The van der Waals surface area contributed by atoms with Gasteiger partial charge in [-0.25, -0.2) is 13.1 Å². The number of nitrogens with one attached hydrogen (secondary N) is 3. The van der Waals surface area contributed by atoms with Crippen molar-refractivity contribution in [3.05, 3.63) is 72.3 Å². The van der Waals surface area contributed by atoms with Crippen LogP contribution in [0.1, 0.15) is 19.4 Å². The number of carbonyl (C=O) groups excluding carboxylic acids is 2. The molecule has 7 nitrogen and oxygen atoms in total. The maximum Gasteiger partial charge on any atom is 0.313 e. The quantitative estimate of drug-likeness (QED) is 0.493. The van der Waals surface area contributed by atoms with Crippen LogP contribution in [0, 0.1) is 0 Å². The Balaban J connectivity index is 1.53. The van der Waals surface area contributed by atoms with Crippen molar-refractivity contribution in [2.45, 2.75) is 31.2 Å². The van der Waals surface area contributed by atoms with Crippen LogP contribution >= 0.6 is 0 Å². The van der Waals surface area contributed by atoms with Crippen LogP contribution in [-0.2, 0) is 26.0 Å². The minimum absolute atomic E-state index is 0.184. The topological polar surface area (TPSA) is 104 Å². The van der Waals surface area contributed by atoms with Gasteiger partial charge in [-0.2, -0.15) is 0 Å². The highest BCUT2D eigenvalue weighted by atomic mass is 32.2. The van der Waals surface area contributed by atoms with Gasteiger partial charge >= 0.3 is 11.8 Å². The first-order valence-electron chi connectivity index (χ1n) is 9.94. The van der Waals surface area contributed by atoms with Gasteiger partial charge in [0.05, 0.1) is 4.90 Å². The maximum absolute atomic E-state index is 12.2. The van der Waals surface area contributed by atoms with Crippen LogP contribution < -0.4 is 15.4 Å². The first-order valence-corrected chi connectivity index (χ1v) is 11.4. The fourth-order valence-corrected chi connectivity index (χ4v) is 4.38. The number of sulfonamides is 1. The summed E-state index contributed by atoms with van der Waals surface area (Å²) in [5.41, 5.74) is 1.42. The highest BCUT2D eigenvalue weighted by Crippen LogP contribution is 2.22. The zero-order valence-corrected chi connectivity index (χ0v) is 18.2. The van der Waals surface area contributed by atoms with E-state index in [-0.39, 0.29) is 17.5 Å². The maximum atomic E-state index is 12.2. The molecule has 0 bridgehead atoms. The van der Waals surface area contributed by atoms with E-state index in [9.17, 15) is 18.0 Å². The summed E-state index contributed by atoms with van der Waals surface area (Å²) < 4.78 is 26.8. The van der Waals surface area contributed by atoms with Gasteiger partial charge < -0.3 is 10.6 Å². The summed E-state index contributed by atoms with van der Waals surface area (Å²) in [5.74, 6) is -1.47. The monoisotopic (exact) mass is 439 g/mol. The summed E-state index contributed by atoms with van der Waals surface area (Å²) in [6, 6.07) is 19.3. The van der Waals surface area contributed by atoms with E-state index in [1.807, 2.05) is 36.4 Å². The summed E-state index contributed by atoms with van der Waals surface area (Å²) in [7, 11) is -3.54. The van der Waals surface area contributed by atoms with Gasteiger partial charge in [0, 0.05) is 23.7 Å². The molecule has 0 aliphatic rings. The molecular formula is C23H25N3O4S. The molecule has 0 aromatic heterocycles. The predicted octanol–water partition coefficient (Wildman–Crippen LogP) is 2.82. The van der Waals surface area contributed by atoms with Crippen molar-refractivity contribution < 1.29 is 18.0 Å². The lowest BCUT2D eigenvalue weighted by Crippen LogP contribution is -2.36. The van der Waals surface area contributed by atoms with Gasteiger partial charge in [-0.15, -0.1) is 0 Å². The van der Waals surface area contributed by atoms with Crippen molar-refractivity contribution in [1.82, 2.24) is 10.0 Å². The van der Waals surface area contributed by atoms with Gasteiger partial charge in [0.25, 0.3) is 0 Å². The average Bonchev–Trinajstić information content (AvgIpc) is 2.73. The van der Waals surface area contributed by atoms with Crippen molar-refractivity contribution in [1.29, 1.82) is 0 Å². The minimum Gasteiger partial charge on any atom is -0.347 e. The Morgan fingerprint density at radius 1 is 0.871 bits per heavy atom. The normalized spacial score (nSPS) is 11.5. The highest BCUT2D eigenvalue weighted by Gasteiger charge is 2.16. The fraction of sp³-hybridized carbons (Fsp3) is 0.217. The number of amides is 2. The summed E-state index contributed by atoms with van der Waals surface area (Å²) in [4.78, 5) is 24.6. The lowest BCUT2D eigenvalue weighted by Gasteiger charge is -2.11. The van der Waals surface area contributed by atoms with Gasteiger partial charge in [-0.05, 0) is 49.4 Å². The van der Waals surface area contributed by atoms with Crippen LogP contribution in [0.3, 0.4) is 0 Å². The van der Waals surface area contributed by atoms with E-state index < -0.39 is 21.8 Å². The molecule has 0 radical (unpaired) electrons. The van der Waals surface area contributed by atoms with Gasteiger partial charge in [-0.1, -0.05) is 48.5 Å². The van der Waals surface area contributed by atoms with Gasteiger partial charge in [0.15, 0.2) is 0 Å². The fourth-order valence-electron chi connectivity index (χ4n) is 3.13. The van der Waals surface area contributed by atoms with Crippen molar-refractivity contribution >= 4 is 38.3 Å². The standard InChI is InChI=1S/C23H25N3O4S/c1-16(2)26-31(29,30)19-12-10-17(11-13-19)14-15-24-22(27)23(28)25-21-9-5-7-18-6-3-4-8-20(18)21/h3-13,16,26H,14-15H2,1-2H3,(H,24,27)(H,25,28). The number of hydrogen-bond donors (Lipinski definition) is 3. The zero-order chi connectivity index (χ0) is 22.4. The molecule has 0 saturated heterocycles. The number of anilines is 1. The molecule has 162 valence electrons. The van der Waals surface area contributed by atoms with E-state index in [1.165, 1.54) is 12.1 Å². The second kappa shape index (κ2) is 9.72. The second-order valence-electron chi connectivity index (χ2n) is 7.41. The Hall–Kier alpha value is -3.23. The Morgan fingerprint density at radius 2 is 1.55 bits per heavy atom. The number of fused-ring (bicyclic) bond motifs is 1. The van der Waals surface area contributed by atoms with E-state index in [0.29, 0.717) is 12.1 Å². The zero-order valence-electron chi connectivity index (χ0n) is 17.4. The van der Waals surface area contributed by atoms with E-state index in [2.05, 4.69) is 15.4 Å². The van der Waals surface area contributed by atoms with Crippen molar-refractivity contribution in [3.8, 4) is 0 Å². The Kier molecular flexibility index (Phi) is 7.04. The third-order valence-corrected chi connectivity index (χ3v) is 6.24. The molecule has 3 rings (SSSR count). The van der Waals surface area contributed by atoms with Crippen molar-refractivity contribution in [3.63, 3.8) is 0 Å². The summed E-state index contributed by atoms with van der Waals surface area (Å²) in [6.45, 7) is 3.76. The van der Waals surface area contributed by atoms with Gasteiger partial charge in [-0.3, -0.25) is 9.59 Å². The lowest BCUT2D eigenvalue weighted by atomic mass is 10.1. The van der Waals surface area contributed by atoms with Gasteiger partial charge in [0.1, 0.15) is 0 Å². The lowest BCUT2D eigenvalue weighted by molar-refractivity contribution is -0.136. The van der Waals surface area contributed by atoms with E-state index in [1.54, 1.807) is 32.0 Å². The van der Waals surface area contributed by atoms with Crippen molar-refractivity contribution in [2.75, 3.05) is 11.9 Å². The SMILES string of the molecule is CC(C)NS(=O)(=O)c1ccc(CCNC(=O)C(=O)Nc2cccc3ccccc23)cc1. The molecule has 0 aliphatic heterocycles. The van der Waals surface area contributed by atoms with Crippen LogP contribution in [-0.4, -0.2) is 32.8 Å². The Bertz CT molecular complexity index is 1180. The Morgan fingerprint density at radius 3 is 2.26 bits per heavy atom. The molecule has 3 aromatic rings. The van der Waals surface area contributed by atoms with Crippen LogP contribution in [0.2, 0.25) is 0 Å². The first-order chi connectivity index (χ1) is 14.8. The van der Waals surface area contributed by atoms with Crippen LogP contribution in [0.4, 0.5) is 5.69 Å². The molecule has 2 amide bonds. The minimum atomic E-state index is -3.54. The largest absolute Gasteiger partial charge is 0.347 e. The number of hydrogen-bond acceptors (Lipinski definition) is 4. The molecule has 0 unspecified atom stereocenters. The van der Waals surface area contributed by atoms with E-state index in [4.69, 9.17) is 0 Å². The summed E-state index contributed by atoms with van der Waals surface area (Å²) >= 11 is 0. The third kappa shape index (κ3) is 5.90. The first kappa shape index (κ1) is 22.5. The summed E-state index contributed by atoms with van der Waals surface area (Å²) in [5, 5.41) is 7.06. The molecule has 31 heavy (non-hydrogen) atoms. The Labute approximate surface area is 181 Å². The molecule has 0 fully saturated rings. The molecule has 0 heterocycles. The number of benzene rings is 3. The molecule has 3 N–H and O–H groups in total. The van der Waals surface area contributed by atoms with E-state index in [0.717, 1.165) is 16.3 Å². The number of rotatable bonds is 7. The van der Waals surface area contributed by atoms with Crippen molar-refractivity contribution in [2.24, 2.45) is 0 Å². The second-order valence-corrected chi connectivity index (χ2v) is 9.12.